The predicted octanol–water partition coefficient (Wildman–Crippen LogP) is -1.77. The zero-order chi connectivity index (χ0) is 16.3. The molecule has 1 aromatic heterocycles. The first kappa shape index (κ1) is 17.3. The Balaban J connectivity index is 2.09. The summed E-state index contributed by atoms with van der Waals surface area (Å²) in [6.45, 7) is -0.853. The lowest BCUT2D eigenvalue weighted by Gasteiger charge is -2.40. The first-order valence-electron chi connectivity index (χ1n) is 6.70. The molecule has 1 aliphatic rings. The second-order valence-corrected chi connectivity index (χ2v) is 4.86. The van der Waals surface area contributed by atoms with Gasteiger partial charge >= 0.3 is 0 Å². The maximum absolute atomic E-state index is 9.90. The third kappa shape index (κ3) is 3.47. The van der Waals surface area contributed by atoms with Crippen molar-refractivity contribution in [1.82, 2.24) is 0 Å². The van der Waals surface area contributed by atoms with E-state index in [1.54, 1.807) is 0 Å². The molecule has 0 aliphatic carbocycles. The Morgan fingerprint density at radius 3 is 2.41 bits per heavy atom. The van der Waals surface area contributed by atoms with Crippen LogP contribution in [0.5, 0.6) is 0 Å². The third-order valence-corrected chi connectivity index (χ3v) is 3.39. The average molecular weight is 320 g/mol. The van der Waals surface area contributed by atoms with Crippen molar-refractivity contribution in [3.8, 4) is 0 Å². The van der Waals surface area contributed by atoms with E-state index < -0.39 is 43.6 Å². The number of hydrogen-bond acceptors (Lipinski definition) is 9. The lowest BCUT2D eigenvalue weighted by molar-refractivity contribution is -0.339. The molecule has 0 saturated carbocycles. The first-order valence-corrected chi connectivity index (χ1v) is 6.70. The molecule has 1 aromatic rings. The highest BCUT2D eigenvalue weighted by Gasteiger charge is 2.45. The molecule has 9 heteroatoms. The summed E-state index contributed by atoms with van der Waals surface area (Å²) in [4.78, 5) is 0. The molecule has 9 nitrogen and oxygen atoms in total. The van der Waals surface area contributed by atoms with Crippen LogP contribution >= 0.6 is 0 Å². The molecule has 2 heterocycles. The Morgan fingerprint density at radius 2 is 1.86 bits per heavy atom. The van der Waals surface area contributed by atoms with Crippen LogP contribution in [0, 0.1) is 0 Å². The maximum Gasteiger partial charge on any atom is 0.219 e. The van der Waals surface area contributed by atoms with E-state index in [1.165, 1.54) is 19.2 Å². The average Bonchev–Trinajstić information content (AvgIpc) is 3.01. The molecule has 1 fully saturated rings. The summed E-state index contributed by atoms with van der Waals surface area (Å²) in [6, 6.07) is 3.04. The quantitative estimate of drug-likeness (QED) is 0.385. The molecule has 6 unspecified atom stereocenters. The summed E-state index contributed by atoms with van der Waals surface area (Å²) < 4.78 is 21.0. The topological polar surface area (TPSA) is 142 Å². The smallest absolute Gasteiger partial charge is 0.219 e. The van der Waals surface area contributed by atoms with E-state index >= 15 is 0 Å². The highest BCUT2D eigenvalue weighted by Crippen LogP contribution is 2.28. The van der Waals surface area contributed by atoms with Crippen LogP contribution in [-0.2, 0) is 20.8 Å². The van der Waals surface area contributed by atoms with Crippen LogP contribution < -0.4 is 0 Å². The van der Waals surface area contributed by atoms with E-state index in [1.807, 2.05) is 0 Å². The van der Waals surface area contributed by atoms with Crippen LogP contribution in [-0.4, -0.2) is 70.0 Å². The van der Waals surface area contributed by atoms with Crippen LogP contribution in [0.25, 0.3) is 0 Å². The van der Waals surface area contributed by atoms with Gasteiger partial charge < -0.3 is 44.2 Å². The van der Waals surface area contributed by atoms with Gasteiger partial charge in [0.05, 0.1) is 6.61 Å². The van der Waals surface area contributed by atoms with Crippen molar-refractivity contribution in [3.63, 3.8) is 0 Å². The monoisotopic (exact) mass is 320 g/mol. The zero-order valence-corrected chi connectivity index (χ0v) is 11.9. The van der Waals surface area contributed by atoms with Gasteiger partial charge in [-0.2, -0.15) is 0 Å². The van der Waals surface area contributed by atoms with Gasteiger partial charge in [-0.1, -0.05) is 0 Å². The molecular formula is C13H20O9. The van der Waals surface area contributed by atoms with Gasteiger partial charge in [-0.15, -0.1) is 0 Å². The molecule has 1 aliphatic heterocycles. The van der Waals surface area contributed by atoms with Crippen LogP contribution in [0.2, 0.25) is 0 Å². The minimum atomic E-state index is -1.54. The molecule has 126 valence electrons. The summed E-state index contributed by atoms with van der Waals surface area (Å²) in [7, 11) is 1.33. The fourth-order valence-electron chi connectivity index (χ4n) is 2.15. The van der Waals surface area contributed by atoms with Gasteiger partial charge in [0.15, 0.2) is 12.1 Å². The number of furan rings is 1. The molecule has 0 bridgehead atoms. The Kier molecular flexibility index (Phi) is 5.89. The summed E-state index contributed by atoms with van der Waals surface area (Å²) >= 11 is 0. The van der Waals surface area contributed by atoms with Crippen molar-refractivity contribution in [2.45, 2.75) is 43.6 Å². The van der Waals surface area contributed by atoms with Gasteiger partial charge in [0.2, 0.25) is 6.29 Å². The Bertz CT molecular complexity index is 460. The zero-order valence-electron chi connectivity index (χ0n) is 11.9. The fraction of sp³-hybridized carbons (Fsp3) is 0.692. The molecule has 6 atom stereocenters. The summed E-state index contributed by atoms with van der Waals surface area (Å²) in [6.07, 6.45) is -8.04. The van der Waals surface area contributed by atoms with Crippen LogP contribution in [0.15, 0.2) is 16.5 Å². The number of methoxy groups -OCH3 is 1. The number of hydrogen-bond donors (Lipinski definition) is 5. The van der Waals surface area contributed by atoms with Gasteiger partial charge in [0.25, 0.3) is 0 Å². The standard InChI is InChI=1S/C13H20O9/c1-19-12(7-3-2-6(4-14)20-7)22-13-11(18)10(17)9(16)8(5-15)21-13/h2-3,8-18H,4-5H2,1H3. The summed E-state index contributed by atoms with van der Waals surface area (Å²) in [5.41, 5.74) is 0. The normalized spacial score (nSPS) is 33.8. The van der Waals surface area contributed by atoms with Crippen molar-refractivity contribution in [3.05, 3.63) is 23.7 Å². The van der Waals surface area contributed by atoms with E-state index in [0.29, 0.717) is 5.76 Å². The van der Waals surface area contributed by atoms with Crippen LogP contribution in [0.4, 0.5) is 0 Å². The van der Waals surface area contributed by atoms with Crippen molar-refractivity contribution in [1.29, 1.82) is 0 Å². The SMILES string of the molecule is COC(OC1OC(CO)C(O)C(O)C1O)c1ccc(CO)o1. The lowest BCUT2D eigenvalue weighted by atomic mass is 9.99. The number of ether oxygens (including phenoxy) is 3. The predicted molar refractivity (Wildman–Crippen MR) is 69.2 cm³/mol. The Labute approximate surface area is 126 Å². The molecule has 0 aromatic carbocycles. The molecule has 5 N–H and O–H groups in total. The number of rotatable bonds is 6. The van der Waals surface area contributed by atoms with Crippen molar-refractivity contribution >= 4 is 0 Å². The maximum atomic E-state index is 9.90. The van der Waals surface area contributed by atoms with Crippen molar-refractivity contribution in [2.24, 2.45) is 0 Å². The van der Waals surface area contributed by atoms with Gasteiger partial charge in [-0.25, -0.2) is 0 Å². The lowest BCUT2D eigenvalue weighted by Crippen LogP contribution is -2.59. The van der Waals surface area contributed by atoms with E-state index in [0.717, 1.165) is 0 Å². The molecule has 22 heavy (non-hydrogen) atoms. The van der Waals surface area contributed by atoms with Crippen LogP contribution in [0.3, 0.4) is 0 Å². The third-order valence-electron chi connectivity index (χ3n) is 3.39. The van der Waals surface area contributed by atoms with E-state index in [4.69, 9.17) is 28.8 Å². The van der Waals surface area contributed by atoms with E-state index in [9.17, 15) is 15.3 Å². The molecular weight excluding hydrogens is 300 g/mol. The summed E-state index contributed by atoms with van der Waals surface area (Å²) in [5.74, 6) is 0.526. The molecule has 2 rings (SSSR count). The van der Waals surface area contributed by atoms with E-state index in [2.05, 4.69) is 0 Å². The number of aliphatic hydroxyl groups is 5. The van der Waals surface area contributed by atoms with Crippen molar-refractivity contribution in [2.75, 3.05) is 13.7 Å². The molecule has 1 saturated heterocycles. The second-order valence-electron chi connectivity index (χ2n) is 4.86. The van der Waals surface area contributed by atoms with E-state index in [-0.39, 0.29) is 12.4 Å². The van der Waals surface area contributed by atoms with Crippen LogP contribution in [0.1, 0.15) is 17.8 Å². The highest BCUT2D eigenvalue weighted by molar-refractivity contribution is 5.07. The number of aliphatic hydroxyl groups excluding tert-OH is 5. The Morgan fingerprint density at radius 1 is 1.14 bits per heavy atom. The second kappa shape index (κ2) is 7.49. The highest BCUT2D eigenvalue weighted by atomic mass is 16.8. The molecule has 0 spiro atoms. The largest absolute Gasteiger partial charge is 0.458 e. The fourth-order valence-corrected chi connectivity index (χ4v) is 2.15. The first-order chi connectivity index (χ1) is 10.5. The van der Waals surface area contributed by atoms with Gasteiger partial charge in [-0.3, -0.25) is 0 Å². The van der Waals surface area contributed by atoms with Crippen molar-refractivity contribution < 1.29 is 44.2 Å². The summed E-state index contributed by atoms with van der Waals surface area (Å²) in [5, 5.41) is 47.4. The van der Waals surface area contributed by atoms with Gasteiger partial charge in [0, 0.05) is 7.11 Å². The van der Waals surface area contributed by atoms with Gasteiger partial charge in [0.1, 0.15) is 36.8 Å². The molecule has 0 amide bonds. The minimum Gasteiger partial charge on any atom is -0.458 e. The minimum absolute atomic E-state index is 0.225. The molecule has 0 radical (unpaired) electrons. The van der Waals surface area contributed by atoms with Gasteiger partial charge in [-0.05, 0) is 12.1 Å². The Hall–Kier alpha value is -1.04.